The van der Waals surface area contributed by atoms with Gasteiger partial charge in [-0.3, -0.25) is 4.79 Å². The SMILES string of the molecule is COc1cc(COC(=O)CC(C)C)ccc1O. The lowest BCUT2D eigenvalue weighted by atomic mass is 10.1. The first kappa shape index (κ1) is 13.4. The highest BCUT2D eigenvalue weighted by Gasteiger charge is 2.08. The van der Waals surface area contributed by atoms with Crippen LogP contribution in [0.25, 0.3) is 0 Å². The number of phenols is 1. The van der Waals surface area contributed by atoms with E-state index in [1.54, 1.807) is 12.1 Å². The number of benzene rings is 1. The first-order valence-corrected chi connectivity index (χ1v) is 5.54. The molecular formula is C13H18O4. The van der Waals surface area contributed by atoms with Gasteiger partial charge in [0, 0.05) is 6.42 Å². The van der Waals surface area contributed by atoms with E-state index in [2.05, 4.69) is 0 Å². The van der Waals surface area contributed by atoms with E-state index in [0.717, 1.165) is 5.56 Å². The maximum absolute atomic E-state index is 11.3. The van der Waals surface area contributed by atoms with E-state index in [1.807, 2.05) is 13.8 Å². The molecule has 0 bridgehead atoms. The molecular weight excluding hydrogens is 220 g/mol. The van der Waals surface area contributed by atoms with Gasteiger partial charge < -0.3 is 14.6 Å². The van der Waals surface area contributed by atoms with Crippen LogP contribution < -0.4 is 4.74 Å². The van der Waals surface area contributed by atoms with E-state index in [1.165, 1.54) is 13.2 Å². The van der Waals surface area contributed by atoms with Gasteiger partial charge in [0.15, 0.2) is 11.5 Å². The number of ether oxygens (including phenoxy) is 2. The second-order valence-electron chi connectivity index (χ2n) is 4.26. The van der Waals surface area contributed by atoms with Crippen LogP contribution in [0.15, 0.2) is 18.2 Å². The molecule has 0 saturated heterocycles. The van der Waals surface area contributed by atoms with Crippen LogP contribution in [0.2, 0.25) is 0 Å². The number of carbonyl (C=O) groups excluding carboxylic acids is 1. The van der Waals surface area contributed by atoms with Crippen molar-refractivity contribution < 1.29 is 19.4 Å². The van der Waals surface area contributed by atoms with Gasteiger partial charge in [-0.05, 0) is 23.6 Å². The Labute approximate surface area is 101 Å². The zero-order valence-corrected chi connectivity index (χ0v) is 10.4. The van der Waals surface area contributed by atoms with Gasteiger partial charge in [0.05, 0.1) is 7.11 Å². The van der Waals surface area contributed by atoms with Gasteiger partial charge in [-0.1, -0.05) is 19.9 Å². The van der Waals surface area contributed by atoms with Crippen molar-refractivity contribution in [1.82, 2.24) is 0 Å². The van der Waals surface area contributed by atoms with Crippen LogP contribution in [0.5, 0.6) is 11.5 Å². The summed E-state index contributed by atoms with van der Waals surface area (Å²) in [6.45, 7) is 4.12. The Bertz CT molecular complexity index is 385. The summed E-state index contributed by atoms with van der Waals surface area (Å²) in [7, 11) is 1.48. The number of hydrogen-bond acceptors (Lipinski definition) is 4. The lowest BCUT2D eigenvalue weighted by Crippen LogP contribution is -2.07. The molecule has 0 aliphatic rings. The largest absolute Gasteiger partial charge is 0.504 e. The molecule has 0 atom stereocenters. The first-order chi connectivity index (χ1) is 8.02. The van der Waals surface area contributed by atoms with Gasteiger partial charge in [-0.25, -0.2) is 0 Å². The van der Waals surface area contributed by atoms with Crippen molar-refractivity contribution in [2.45, 2.75) is 26.9 Å². The molecule has 0 fully saturated rings. The minimum Gasteiger partial charge on any atom is -0.504 e. The van der Waals surface area contributed by atoms with Gasteiger partial charge in [0.2, 0.25) is 0 Å². The third-order valence-electron chi connectivity index (χ3n) is 2.22. The molecule has 0 aliphatic heterocycles. The topological polar surface area (TPSA) is 55.8 Å². The highest BCUT2D eigenvalue weighted by molar-refractivity contribution is 5.69. The number of hydrogen-bond donors (Lipinski definition) is 1. The maximum Gasteiger partial charge on any atom is 0.306 e. The lowest BCUT2D eigenvalue weighted by Gasteiger charge is -2.08. The summed E-state index contributed by atoms with van der Waals surface area (Å²) in [4.78, 5) is 11.3. The van der Waals surface area contributed by atoms with Crippen molar-refractivity contribution in [2.75, 3.05) is 7.11 Å². The molecule has 1 N–H and O–H groups in total. The Morgan fingerprint density at radius 2 is 2.12 bits per heavy atom. The minimum absolute atomic E-state index is 0.0738. The number of aromatic hydroxyl groups is 1. The van der Waals surface area contributed by atoms with Crippen LogP contribution in [0.1, 0.15) is 25.8 Å². The molecule has 4 heteroatoms. The van der Waals surface area contributed by atoms with Gasteiger partial charge in [-0.2, -0.15) is 0 Å². The fourth-order valence-electron chi connectivity index (χ4n) is 1.37. The summed E-state index contributed by atoms with van der Waals surface area (Å²) in [5.41, 5.74) is 0.789. The molecule has 0 aliphatic carbocycles. The Morgan fingerprint density at radius 1 is 1.41 bits per heavy atom. The molecule has 1 rings (SSSR count). The van der Waals surface area contributed by atoms with Crippen molar-refractivity contribution >= 4 is 5.97 Å². The van der Waals surface area contributed by atoms with Crippen molar-refractivity contribution in [3.63, 3.8) is 0 Å². The van der Waals surface area contributed by atoms with Gasteiger partial charge in [0.25, 0.3) is 0 Å². The predicted molar refractivity (Wildman–Crippen MR) is 63.9 cm³/mol. The Morgan fingerprint density at radius 3 is 2.71 bits per heavy atom. The van der Waals surface area contributed by atoms with E-state index < -0.39 is 0 Å². The van der Waals surface area contributed by atoms with Crippen molar-refractivity contribution in [3.8, 4) is 11.5 Å². The summed E-state index contributed by atoms with van der Waals surface area (Å²) in [6, 6.07) is 4.86. The standard InChI is InChI=1S/C13H18O4/c1-9(2)6-13(15)17-8-10-4-5-11(14)12(7-10)16-3/h4-5,7,9,14H,6,8H2,1-3H3. The molecule has 17 heavy (non-hydrogen) atoms. The van der Waals surface area contributed by atoms with Crippen molar-refractivity contribution in [2.24, 2.45) is 5.92 Å². The van der Waals surface area contributed by atoms with Crippen LogP contribution in [-0.4, -0.2) is 18.2 Å². The third-order valence-corrected chi connectivity index (χ3v) is 2.22. The van der Waals surface area contributed by atoms with Gasteiger partial charge in [0.1, 0.15) is 6.61 Å². The molecule has 4 nitrogen and oxygen atoms in total. The maximum atomic E-state index is 11.3. The average Bonchev–Trinajstić information content (AvgIpc) is 2.27. The van der Waals surface area contributed by atoms with E-state index in [-0.39, 0.29) is 24.2 Å². The second-order valence-corrected chi connectivity index (χ2v) is 4.26. The van der Waals surface area contributed by atoms with Crippen LogP contribution >= 0.6 is 0 Å². The summed E-state index contributed by atoms with van der Waals surface area (Å²) in [5, 5.41) is 9.40. The first-order valence-electron chi connectivity index (χ1n) is 5.54. The fraction of sp³-hybridized carbons (Fsp3) is 0.462. The summed E-state index contributed by atoms with van der Waals surface area (Å²) in [5.74, 6) is 0.524. The molecule has 0 saturated carbocycles. The zero-order valence-electron chi connectivity index (χ0n) is 10.4. The predicted octanol–water partition coefficient (Wildman–Crippen LogP) is 2.49. The highest BCUT2D eigenvalue weighted by Crippen LogP contribution is 2.26. The van der Waals surface area contributed by atoms with Crippen LogP contribution in [0.4, 0.5) is 0 Å². The summed E-state index contributed by atoms with van der Waals surface area (Å²) in [6.07, 6.45) is 0.412. The minimum atomic E-state index is -0.216. The Kier molecular flexibility index (Phi) is 4.82. The molecule has 0 spiro atoms. The summed E-state index contributed by atoms with van der Waals surface area (Å²) >= 11 is 0. The second kappa shape index (κ2) is 6.13. The quantitative estimate of drug-likeness (QED) is 0.801. The number of rotatable bonds is 5. The smallest absolute Gasteiger partial charge is 0.306 e. The highest BCUT2D eigenvalue weighted by atomic mass is 16.5. The van der Waals surface area contributed by atoms with Gasteiger partial charge >= 0.3 is 5.97 Å². The van der Waals surface area contributed by atoms with Crippen molar-refractivity contribution in [3.05, 3.63) is 23.8 Å². The Balaban J connectivity index is 2.55. The molecule has 0 heterocycles. The molecule has 0 unspecified atom stereocenters. The number of phenolic OH excluding ortho intramolecular Hbond substituents is 1. The normalized spacial score (nSPS) is 10.4. The fourth-order valence-corrected chi connectivity index (χ4v) is 1.37. The van der Waals surface area contributed by atoms with E-state index in [0.29, 0.717) is 12.2 Å². The third kappa shape index (κ3) is 4.34. The molecule has 1 aromatic rings. The van der Waals surface area contributed by atoms with Crippen molar-refractivity contribution in [1.29, 1.82) is 0 Å². The number of esters is 1. The van der Waals surface area contributed by atoms with Crippen LogP contribution in [0, 0.1) is 5.92 Å². The molecule has 0 amide bonds. The molecule has 94 valence electrons. The summed E-state index contributed by atoms with van der Waals surface area (Å²) < 4.78 is 10.1. The average molecular weight is 238 g/mol. The monoisotopic (exact) mass is 238 g/mol. The van der Waals surface area contributed by atoms with E-state index in [4.69, 9.17) is 9.47 Å². The Hall–Kier alpha value is -1.71. The number of methoxy groups -OCH3 is 1. The molecule has 0 radical (unpaired) electrons. The number of carbonyl (C=O) groups is 1. The zero-order chi connectivity index (χ0) is 12.8. The van der Waals surface area contributed by atoms with Crippen LogP contribution in [0.3, 0.4) is 0 Å². The molecule has 0 aromatic heterocycles. The van der Waals surface area contributed by atoms with Gasteiger partial charge in [-0.15, -0.1) is 0 Å². The van der Waals surface area contributed by atoms with E-state index in [9.17, 15) is 9.90 Å². The van der Waals surface area contributed by atoms with Crippen LogP contribution in [-0.2, 0) is 16.1 Å². The molecule has 1 aromatic carbocycles. The van der Waals surface area contributed by atoms with E-state index >= 15 is 0 Å². The lowest BCUT2D eigenvalue weighted by molar-refractivity contribution is -0.145.